The minimum absolute atomic E-state index is 0.0113. The van der Waals surface area contributed by atoms with Gasteiger partial charge in [0.05, 0.1) is 30.5 Å². The van der Waals surface area contributed by atoms with Crippen LogP contribution >= 0.6 is 0 Å². The van der Waals surface area contributed by atoms with Crippen molar-refractivity contribution in [3.05, 3.63) is 47.9 Å². The molecule has 3 saturated heterocycles. The lowest BCUT2D eigenvalue weighted by atomic mass is 9.88. The van der Waals surface area contributed by atoms with Crippen LogP contribution in [0.5, 0.6) is 11.8 Å². The number of hydrogen-bond acceptors (Lipinski definition) is 10. The zero-order valence-electron chi connectivity index (χ0n) is 24.6. The monoisotopic (exact) mass is 599 g/mol. The minimum Gasteiger partial charge on any atom is -0.508 e. The number of ether oxygens (including phenoxy) is 3. The van der Waals surface area contributed by atoms with Crippen molar-refractivity contribution in [2.45, 2.75) is 45.6 Å². The number of rotatable bonds is 6. The number of aromatic nitrogens is 3. The lowest BCUT2D eigenvalue weighted by Gasteiger charge is -2.55. The van der Waals surface area contributed by atoms with Crippen molar-refractivity contribution in [3.8, 4) is 35.4 Å². The summed E-state index contributed by atoms with van der Waals surface area (Å²) in [4.78, 5) is 41.6. The summed E-state index contributed by atoms with van der Waals surface area (Å²) in [6, 6.07) is 7.85. The smallest absolute Gasteiger partial charge is 0.413 e. The number of nitrogens with zero attached hydrogens (tertiary/aromatic N) is 5. The molecule has 3 fully saturated rings. The van der Waals surface area contributed by atoms with Gasteiger partial charge in [0.1, 0.15) is 22.8 Å². The number of carbonyl (C=O) groups excluding carboxylic acids is 2. The molecule has 0 spiro atoms. The van der Waals surface area contributed by atoms with E-state index in [2.05, 4.69) is 20.9 Å². The third kappa shape index (κ3) is 4.94. The van der Waals surface area contributed by atoms with Crippen LogP contribution in [0.2, 0.25) is 0 Å². The lowest BCUT2D eigenvalue weighted by Crippen LogP contribution is -2.70. The summed E-state index contributed by atoms with van der Waals surface area (Å²) in [5.74, 6) is 1.45. The molecule has 3 aliphatic rings. The normalized spacial score (nSPS) is 18.1. The first-order chi connectivity index (χ1) is 21.1. The first-order valence-corrected chi connectivity index (χ1v) is 14.2. The number of terminal acetylenes is 1. The molecule has 1 N–H and O–H groups in total. The number of amides is 1. The Bertz CT molecular complexity index is 1850. The third-order valence-corrected chi connectivity index (χ3v) is 7.92. The summed E-state index contributed by atoms with van der Waals surface area (Å²) >= 11 is 0. The first-order valence-electron chi connectivity index (χ1n) is 14.2. The van der Waals surface area contributed by atoms with Gasteiger partial charge in [-0.15, -0.1) is 6.42 Å². The van der Waals surface area contributed by atoms with Crippen LogP contribution in [0.3, 0.4) is 0 Å². The molecule has 2 aromatic heterocycles. The van der Waals surface area contributed by atoms with Gasteiger partial charge in [-0.1, -0.05) is 31.9 Å². The fraction of sp³-hybridized carbons (Fsp3) is 0.344. The number of aromatic hydroxyl groups is 1. The largest absolute Gasteiger partial charge is 0.508 e. The van der Waals surface area contributed by atoms with Crippen molar-refractivity contribution in [3.63, 3.8) is 0 Å². The van der Waals surface area contributed by atoms with Crippen molar-refractivity contribution in [1.29, 1.82) is 0 Å². The summed E-state index contributed by atoms with van der Waals surface area (Å²) < 4.78 is 32.2. The standard InChI is InChI=1S/C32H30FN5O6/c1-6-18-8-7-9-19-10-22(39)12-23(25(18)19)27-26(33)28-24(13-34-27)29(36-31(35-28)42-5)37-14-20-11-21(15-37)38(20)32(41)44-17(4)43-30(40)16(2)3/h1,7-10,12-13,16-17,20-21,39H,11,14-15H2,2-5H3. The molecule has 0 aliphatic carbocycles. The van der Waals surface area contributed by atoms with Crippen molar-refractivity contribution in [1.82, 2.24) is 19.9 Å². The molecule has 7 rings (SSSR count). The second-order valence-corrected chi connectivity index (χ2v) is 11.2. The predicted molar refractivity (Wildman–Crippen MR) is 160 cm³/mol. The minimum atomic E-state index is -1.02. The van der Waals surface area contributed by atoms with Crippen LogP contribution in [0, 0.1) is 24.1 Å². The van der Waals surface area contributed by atoms with E-state index in [0.717, 1.165) is 6.42 Å². The molecule has 2 bridgehead atoms. The number of piperazine rings is 1. The SMILES string of the molecule is C#Cc1cccc2cc(O)cc(-c3ncc4c(N5CC6CC(C5)N6C(=O)OC(C)OC(=O)C(C)C)nc(OC)nc4c3F)c12. The fourth-order valence-corrected chi connectivity index (χ4v) is 5.87. The van der Waals surface area contributed by atoms with Gasteiger partial charge in [-0.05, 0) is 30.0 Å². The Morgan fingerprint density at radius 1 is 1.14 bits per heavy atom. The number of carbonyl (C=O) groups is 2. The van der Waals surface area contributed by atoms with Crippen molar-refractivity contribution in [2.24, 2.45) is 5.92 Å². The highest BCUT2D eigenvalue weighted by Crippen LogP contribution is 2.40. The summed E-state index contributed by atoms with van der Waals surface area (Å²) in [5.41, 5.74) is 0.815. The van der Waals surface area contributed by atoms with Gasteiger partial charge in [0, 0.05) is 42.7 Å². The Balaban J connectivity index is 1.32. The maximum absolute atomic E-state index is 16.4. The Kier molecular flexibility index (Phi) is 7.33. The van der Waals surface area contributed by atoms with Gasteiger partial charge >= 0.3 is 18.1 Å². The number of fused-ring (bicyclic) bond motifs is 4. The predicted octanol–water partition coefficient (Wildman–Crippen LogP) is 4.62. The molecule has 3 aliphatic heterocycles. The number of phenols is 1. The highest BCUT2D eigenvalue weighted by atomic mass is 19.1. The Morgan fingerprint density at radius 2 is 1.89 bits per heavy atom. The summed E-state index contributed by atoms with van der Waals surface area (Å²) in [6.07, 6.45) is 6.41. The molecule has 226 valence electrons. The molecule has 12 heteroatoms. The zero-order chi connectivity index (χ0) is 31.3. The maximum atomic E-state index is 16.4. The molecule has 2 aromatic carbocycles. The number of methoxy groups -OCH3 is 1. The van der Waals surface area contributed by atoms with Gasteiger partial charge in [0.25, 0.3) is 0 Å². The number of pyridine rings is 1. The fourth-order valence-electron chi connectivity index (χ4n) is 5.87. The molecular formula is C32H30FN5O6. The molecule has 4 aromatic rings. The number of halogens is 1. The number of esters is 1. The number of piperidine rings is 1. The highest BCUT2D eigenvalue weighted by molar-refractivity contribution is 6.02. The van der Waals surface area contributed by atoms with Crippen LogP contribution in [0.25, 0.3) is 32.9 Å². The topological polar surface area (TPSA) is 127 Å². The summed E-state index contributed by atoms with van der Waals surface area (Å²) in [5, 5.41) is 12.0. The Morgan fingerprint density at radius 3 is 2.57 bits per heavy atom. The molecule has 5 heterocycles. The van der Waals surface area contributed by atoms with E-state index in [9.17, 15) is 14.7 Å². The molecular weight excluding hydrogens is 569 g/mol. The van der Waals surface area contributed by atoms with E-state index in [4.69, 9.17) is 20.6 Å². The Labute approximate surface area is 252 Å². The molecule has 44 heavy (non-hydrogen) atoms. The second kappa shape index (κ2) is 11.1. The number of hydrogen-bond donors (Lipinski definition) is 1. The number of phenolic OH excluding ortho intramolecular Hbond substituents is 1. The van der Waals surface area contributed by atoms with E-state index in [-0.39, 0.29) is 41.0 Å². The van der Waals surface area contributed by atoms with E-state index >= 15 is 4.39 Å². The van der Waals surface area contributed by atoms with Crippen LogP contribution in [0.1, 0.15) is 32.8 Å². The molecule has 0 radical (unpaired) electrons. The van der Waals surface area contributed by atoms with Gasteiger partial charge in [-0.3, -0.25) is 14.7 Å². The van der Waals surface area contributed by atoms with Gasteiger partial charge in [-0.2, -0.15) is 9.97 Å². The molecule has 11 nitrogen and oxygen atoms in total. The van der Waals surface area contributed by atoms with E-state index < -0.39 is 24.2 Å². The van der Waals surface area contributed by atoms with Gasteiger partial charge < -0.3 is 24.2 Å². The van der Waals surface area contributed by atoms with Crippen molar-refractivity contribution in [2.75, 3.05) is 25.1 Å². The maximum Gasteiger partial charge on any atom is 0.413 e. The van der Waals surface area contributed by atoms with E-state index in [0.29, 0.717) is 46.2 Å². The second-order valence-electron chi connectivity index (χ2n) is 11.2. The van der Waals surface area contributed by atoms with Crippen LogP contribution in [-0.4, -0.2) is 75.6 Å². The average Bonchev–Trinajstić information content (AvgIpc) is 2.99. The third-order valence-electron chi connectivity index (χ3n) is 7.92. The molecule has 3 atom stereocenters. The van der Waals surface area contributed by atoms with Crippen molar-refractivity contribution >= 4 is 39.6 Å². The van der Waals surface area contributed by atoms with Crippen LogP contribution in [0.15, 0.2) is 36.5 Å². The highest BCUT2D eigenvalue weighted by Gasteiger charge is 2.49. The number of anilines is 1. The van der Waals surface area contributed by atoms with Gasteiger partial charge in [0.15, 0.2) is 5.82 Å². The first kappa shape index (κ1) is 28.9. The van der Waals surface area contributed by atoms with E-state index in [1.807, 2.05) is 4.90 Å². The van der Waals surface area contributed by atoms with Gasteiger partial charge in [-0.25, -0.2) is 9.18 Å². The molecule has 0 saturated carbocycles. The average molecular weight is 600 g/mol. The van der Waals surface area contributed by atoms with E-state index in [1.54, 1.807) is 43.0 Å². The number of benzene rings is 2. The summed E-state index contributed by atoms with van der Waals surface area (Å²) in [6.45, 7) is 5.69. The lowest BCUT2D eigenvalue weighted by molar-refractivity contribution is -0.171. The molecule has 3 unspecified atom stereocenters. The zero-order valence-corrected chi connectivity index (χ0v) is 24.6. The quantitative estimate of drug-likeness (QED) is 0.190. The van der Waals surface area contributed by atoms with Gasteiger partial charge in [0.2, 0.25) is 6.29 Å². The Hall–Kier alpha value is -5.18. The van der Waals surface area contributed by atoms with E-state index in [1.165, 1.54) is 26.3 Å². The van der Waals surface area contributed by atoms with Crippen LogP contribution in [-0.2, 0) is 14.3 Å². The van der Waals surface area contributed by atoms with Crippen LogP contribution in [0.4, 0.5) is 15.0 Å². The summed E-state index contributed by atoms with van der Waals surface area (Å²) in [7, 11) is 1.39. The van der Waals surface area contributed by atoms with Crippen molar-refractivity contribution < 1.29 is 33.3 Å². The van der Waals surface area contributed by atoms with Crippen LogP contribution < -0.4 is 9.64 Å². The molecule has 1 amide bonds.